The number of benzene rings is 1. The molecule has 0 spiro atoms. The number of nitrogens with one attached hydrogen (secondary N) is 2. The summed E-state index contributed by atoms with van der Waals surface area (Å²) in [7, 11) is 0. The lowest BCUT2D eigenvalue weighted by atomic mass is 10.1. The molecule has 0 aliphatic heterocycles. The molecular formula is C14H19FN2O3. The van der Waals surface area contributed by atoms with Gasteiger partial charge in [0.05, 0.1) is 0 Å². The number of hydrogen-bond acceptors (Lipinski definition) is 2. The average molecular weight is 282 g/mol. The highest BCUT2D eigenvalue weighted by Gasteiger charge is 2.09. The van der Waals surface area contributed by atoms with Gasteiger partial charge in [-0.2, -0.15) is 0 Å². The molecule has 1 aromatic rings. The van der Waals surface area contributed by atoms with Crippen LogP contribution in [0.15, 0.2) is 18.2 Å². The number of urea groups is 1. The number of halogens is 1. The molecule has 0 aliphatic rings. The van der Waals surface area contributed by atoms with Crippen LogP contribution < -0.4 is 10.6 Å². The zero-order chi connectivity index (χ0) is 15.1. The second kappa shape index (κ2) is 7.47. The van der Waals surface area contributed by atoms with Crippen LogP contribution in [0.1, 0.15) is 25.3 Å². The van der Waals surface area contributed by atoms with Crippen molar-refractivity contribution < 1.29 is 19.1 Å². The Morgan fingerprint density at radius 1 is 1.40 bits per heavy atom. The van der Waals surface area contributed by atoms with Gasteiger partial charge in [0, 0.05) is 24.2 Å². The quantitative estimate of drug-likeness (QED) is 0.750. The molecule has 1 aromatic carbocycles. The van der Waals surface area contributed by atoms with Gasteiger partial charge in [-0.3, -0.25) is 4.79 Å². The summed E-state index contributed by atoms with van der Waals surface area (Å²) >= 11 is 0. The van der Waals surface area contributed by atoms with E-state index in [9.17, 15) is 14.0 Å². The Kier molecular flexibility index (Phi) is 5.96. The highest BCUT2D eigenvalue weighted by Crippen LogP contribution is 2.17. The second-order valence-corrected chi connectivity index (χ2v) is 4.79. The fraction of sp³-hybridized carbons (Fsp3) is 0.429. The number of amides is 2. The molecule has 0 heterocycles. The molecule has 5 nitrogen and oxygen atoms in total. The van der Waals surface area contributed by atoms with Gasteiger partial charge in [0.2, 0.25) is 0 Å². The fourth-order valence-electron chi connectivity index (χ4n) is 1.65. The van der Waals surface area contributed by atoms with Crippen molar-refractivity contribution in [3.8, 4) is 0 Å². The molecule has 20 heavy (non-hydrogen) atoms. The van der Waals surface area contributed by atoms with Crippen LogP contribution in [0.4, 0.5) is 14.9 Å². The molecule has 0 aromatic heterocycles. The molecule has 2 amide bonds. The van der Waals surface area contributed by atoms with Crippen LogP contribution in [0.3, 0.4) is 0 Å². The van der Waals surface area contributed by atoms with Crippen LogP contribution in [0.25, 0.3) is 0 Å². The van der Waals surface area contributed by atoms with E-state index in [0.29, 0.717) is 24.2 Å². The molecule has 1 unspecified atom stereocenters. The Balaban J connectivity index is 2.40. The SMILES string of the molecule is Cc1c(F)cccc1NC(=O)NCC(C)CCC(=O)O. The molecule has 0 radical (unpaired) electrons. The van der Waals surface area contributed by atoms with Crippen LogP contribution in [0.2, 0.25) is 0 Å². The Morgan fingerprint density at radius 2 is 2.10 bits per heavy atom. The third-order valence-corrected chi connectivity index (χ3v) is 2.98. The minimum atomic E-state index is -0.850. The van der Waals surface area contributed by atoms with Gasteiger partial charge in [-0.25, -0.2) is 9.18 Å². The summed E-state index contributed by atoms with van der Waals surface area (Å²) in [6, 6.07) is 4.03. The zero-order valence-corrected chi connectivity index (χ0v) is 11.6. The Morgan fingerprint density at radius 3 is 2.75 bits per heavy atom. The van der Waals surface area contributed by atoms with E-state index in [0.717, 1.165) is 0 Å². The van der Waals surface area contributed by atoms with Crippen molar-refractivity contribution in [2.24, 2.45) is 5.92 Å². The van der Waals surface area contributed by atoms with Gasteiger partial charge in [-0.1, -0.05) is 13.0 Å². The van der Waals surface area contributed by atoms with E-state index >= 15 is 0 Å². The number of carboxylic acids is 1. The van der Waals surface area contributed by atoms with Crippen molar-refractivity contribution >= 4 is 17.7 Å². The van der Waals surface area contributed by atoms with E-state index in [1.54, 1.807) is 13.0 Å². The minimum Gasteiger partial charge on any atom is -0.481 e. The van der Waals surface area contributed by atoms with Crippen LogP contribution in [-0.4, -0.2) is 23.7 Å². The standard InChI is InChI=1S/C14H19FN2O3/c1-9(6-7-13(18)19)8-16-14(20)17-12-5-3-4-11(15)10(12)2/h3-5,9H,6-8H2,1-2H3,(H,18,19)(H2,16,17,20). The molecule has 0 aliphatic carbocycles. The smallest absolute Gasteiger partial charge is 0.319 e. The third-order valence-electron chi connectivity index (χ3n) is 2.98. The van der Waals surface area contributed by atoms with Gasteiger partial charge in [-0.05, 0) is 31.4 Å². The van der Waals surface area contributed by atoms with Gasteiger partial charge < -0.3 is 15.7 Å². The Labute approximate surface area is 117 Å². The van der Waals surface area contributed by atoms with E-state index in [2.05, 4.69) is 10.6 Å². The first-order valence-electron chi connectivity index (χ1n) is 6.42. The molecule has 6 heteroatoms. The zero-order valence-electron chi connectivity index (χ0n) is 11.6. The van der Waals surface area contributed by atoms with Crippen molar-refractivity contribution in [3.05, 3.63) is 29.6 Å². The average Bonchev–Trinajstić information content (AvgIpc) is 2.39. The number of carbonyl (C=O) groups excluding carboxylic acids is 1. The van der Waals surface area contributed by atoms with Crippen molar-refractivity contribution in [1.82, 2.24) is 5.32 Å². The number of carboxylic acid groups (broad SMARTS) is 1. The first-order valence-corrected chi connectivity index (χ1v) is 6.42. The predicted molar refractivity (Wildman–Crippen MR) is 74.2 cm³/mol. The van der Waals surface area contributed by atoms with E-state index in [4.69, 9.17) is 5.11 Å². The number of rotatable bonds is 6. The molecule has 1 atom stereocenters. The first-order chi connectivity index (χ1) is 9.40. The van der Waals surface area contributed by atoms with E-state index < -0.39 is 12.0 Å². The largest absolute Gasteiger partial charge is 0.481 e. The van der Waals surface area contributed by atoms with Crippen LogP contribution in [-0.2, 0) is 4.79 Å². The molecule has 0 saturated carbocycles. The van der Waals surface area contributed by atoms with Gasteiger partial charge in [0.25, 0.3) is 0 Å². The van der Waals surface area contributed by atoms with Crippen molar-refractivity contribution in [2.75, 3.05) is 11.9 Å². The Bertz CT molecular complexity index is 491. The monoisotopic (exact) mass is 282 g/mol. The van der Waals surface area contributed by atoms with Gasteiger partial charge in [0.15, 0.2) is 0 Å². The lowest BCUT2D eigenvalue weighted by molar-refractivity contribution is -0.137. The summed E-state index contributed by atoms with van der Waals surface area (Å²) < 4.78 is 13.3. The summed E-state index contributed by atoms with van der Waals surface area (Å²) in [5.74, 6) is -1.17. The summed E-state index contributed by atoms with van der Waals surface area (Å²) in [5, 5.41) is 13.8. The van der Waals surface area contributed by atoms with Crippen molar-refractivity contribution in [2.45, 2.75) is 26.7 Å². The maximum Gasteiger partial charge on any atom is 0.319 e. The number of aliphatic carboxylic acids is 1. The van der Waals surface area contributed by atoms with E-state index in [-0.39, 0.29) is 18.2 Å². The molecule has 0 bridgehead atoms. The summed E-state index contributed by atoms with van der Waals surface area (Å²) in [6.07, 6.45) is 0.572. The molecule has 0 fully saturated rings. The third kappa shape index (κ3) is 5.26. The van der Waals surface area contributed by atoms with Crippen LogP contribution >= 0.6 is 0 Å². The number of hydrogen-bond donors (Lipinski definition) is 3. The fourth-order valence-corrected chi connectivity index (χ4v) is 1.65. The topological polar surface area (TPSA) is 78.4 Å². The normalized spacial score (nSPS) is 11.8. The van der Waals surface area contributed by atoms with Crippen molar-refractivity contribution in [1.29, 1.82) is 0 Å². The van der Waals surface area contributed by atoms with Gasteiger partial charge in [-0.15, -0.1) is 0 Å². The summed E-state index contributed by atoms with van der Waals surface area (Å²) in [6.45, 7) is 3.81. The minimum absolute atomic E-state index is 0.0606. The van der Waals surface area contributed by atoms with E-state index in [1.807, 2.05) is 6.92 Å². The van der Waals surface area contributed by atoms with Crippen LogP contribution in [0.5, 0.6) is 0 Å². The predicted octanol–water partition coefficient (Wildman–Crippen LogP) is 2.76. The lowest BCUT2D eigenvalue weighted by Crippen LogP contribution is -2.32. The number of carbonyl (C=O) groups is 2. The molecule has 110 valence electrons. The highest BCUT2D eigenvalue weighted by molar-refractivity contribution is 5.90. The Hall–Kier alpha value is -2.11. The van der Waals surface area contributed by atoms with Crippen molar-refractivity contribution in [3.63, 3.8) is 0 Å². The molecular weight excluding hydrogens is 263 g/mol. The maximum atomic E-state index is 13.3. The number of anilines is 1. The molecule has 0 saturated heterocycles. The molecule has 1 rings (SSSR count). The molecule has 3 N–H and O–H groups in total. The van der Waals surface area contributed by atoms with Crippen LogP contribution in [0, 0.1) is 18.7 Å². The maximum absolute atomic E-state index is 13.3. The second-order valence-electron chi connectivity index (χ2n) is 4.79. The lowest BCUT2D eigenvalue weighted by Gasteiger charge is -2.13. The first kappa shape index (κ1) is 15.9. The van der Waals surface area contributed by atoms with Gasteiger partial charge in [0.1, 0.15) is 5.82 Å². The van der Waals surface area contributed by atoms with Gasteiger partial charge >= 0.3 is 12.0 Å². The summed E-state index contributed by atoms with van der Waals surface area (Å²) in [4.78, 5) is 22.1. The summed E-state index contributed by atoms with van der Waals surface area (Å²) in [5.41, 5.74) is 0.794. The van der Waals surface area contributed by atoms with E-state index in [1.165, 1.54) is 12.1 Å². The highest BCUT2D eigenvalue weighted by atomic mass is 19.1.